The van der Waals surface area contributed by atoms with E-state index < -0.39 is 0 Å². The first-order chi connectivity index (χ1) is 14.0. The lowest BCUT2D eigenvalue weighted by Gasteiger charge is -2.24. The van der Waals surface area contributed by atoms with Crippen LogP contribution in [0.1, 0.15) is 39.6 Å². The van der Waals surface area contributed by atoms with Gasteiger partial charge in [0.15, 0.2) is 11.4 Å². The molecule has 0 amide bonds. The van der Waals surface area contributed by atoms with Gasteiger partial charge in [-0.3, -0.25) is 4.79 Å². The van der Waals surface area contributed by atoms with Crippen molar-refractivity contribution in [1.29, 1.82) is 0 Å². The summed E-state index contributed by atoms with van der Waals surface area (Å²) in [6.45, 7) is 1.96. The second kappa shape index (κ2) is 6.97. The summed E-state index contributed by atoms with van der Waals surface area (Å²) in [5.74, 6) is 0.162. The number of hydrogen-bond donors (Lipinski definition) is 0. The van der Waals surface area contributed by atoms with Gasteiger partial charge in [0.1, 0.15) is 0 Å². The van der Waals surface area contributed by atoms with Crippen LogP contribution in [0.15, 0.2) is 54.7 Å². The molecule has 0 bridgehead atoms. The zero-order valence-corrected chi connectivity index (χ0v) is 17.2. The Morgan fingerprint density at radius 1 is 1.03 bits per heavy atom. The molecule has 2 aromatic heterocycles. The quantitative estimate of drug-likeness (QED) is 0.403. The van der Waals surface area contributed by atoms with E-state index in [0.29, 0.717) is 28.5 Å². The van der Waals surface area contributed by atoms with Crippen molar-refractivity contribution in [2.45, 2.75) is 25.7 Å². The molecule has 2 heterocycles. The van der Waals surface area contributed by atoms with E-state index in [9.17, 15) is 4.79 Å². The van der Waals surface area contributed by atoms with E-state index in [-0.39, 0.29) is 11.7 Å². The third-order valence-corrected chi connectivity index (χ3v) is 6.03. The van der Waals surface area contributed by atoms with Crippen LogP contribution in [0.2, 0.25) is 10.0 Å². The fourth-order valence-corrected chi connectivity index (χ4v) is 4.48. The number of fused-ring (bicyclic) bond motifs is 3. The number of hydrogen-bond acceptors (Lipinski definition) is 3. The Labute approximate surface area is 178 Å². The maximum absolute atomic E-state index is 12.9. The SMILES string of the molecule is Cc1nn2c3c(cnc2c1-c1ccc(Cl)cc1)C(=O)C[C@H](c1cccc(Cl)c1)C3. The van der Waals surface area contributed by atoms with Crippen LogP contribution < -0.4 is 0 Å². The summed E-state index contributed by atoms with van der Waals surface area (Å²) in [4.78, 5) is 17.5. The van der Waals surface area contributed by atoms with E-state index in [1.54, 1.807) is 6.20 Å². The Morgan fingerprint density at radius 3 is 2.59 bits per heavy atom. The minimum Gasteiger partial charge on any atom is -0.294 e. The fraction of sp³-hybridized carbons (Fsp3) is 0.174. The molecule has 0 N–H and O–H groups in total. The highest BCUT2D eigenvalue weighted by atomic mass is 35.5. The zero-order valence-electron chi connectivity index (χ0n) is 15.7. The molecule has 4 aromatic rings. The summed E-state index contributed by atoms with van der Waals surface area (Å²) >= 11 is 12.2. The lowest BCUT2D eigenvalue weighted by Crippen LogP contribution is -2.22. The second-order valence-electron chi connectivity index (χ2n) is 7.40. The van der Waals surface area contributed by atoms with Gasteiger partial charge < -0.3 is 0 Å². The highest BCUT2D eigenvalue weighted by Crippen LogP contribution is 2.36. The van der Waals surface area contributed by atoms with Crippen molar-refractivity contribution in [2.24, 2.45) is 0 Å². The second-order valence-corrected chi connectivity index (χ2v) is 8.28. The van der Waals surface area contributed by atoms with Gasteiger partial charge in [-0.05, 0) is 54.7 Å². The van der Waals surface area contributed by atoms with Gasteiger partial charge in [-0.1, -0.05) is 47.5 Å². The van der Waals surface area contributed by atoms with Gasteiger partial charge in [0.05, 0.1) is 17.0 Å². The lowest BCUT2D eigenvalue weighted by atomic mass is 9.82. The first-order valence-electron chi connectivity index (χ1n) is 9.43. The smallest absolute Gasteiger partial charge is 0.166 e. The molecule has 0 radical (unpaired) electrons. The van der Waals surface area contributed by atoms with E-state index in [1.165, 1.54) is 0 Å². The third kappa shape index (κ3) is 3.13. The van der Waals surface area contributed by atoms with Crippen molar-refractivity contribution in [2.75, 3.05) is 0 Å². The van der Waals surface area contributed by atoms with E-state index in [0.717, 1.165) is 33.7 Å². The van der Waals surface area contributed by atoms with E-state index in [2.05, 4.69) is 4.98 Å². The molecule has 0 unspecified atom stereocenters. The number of rotatable bonds is 2. The topological polar surface area (TPSA) is 47.3 Å². The van der Waals surface area contributed by atoms with Gasteiger partial charge in [-0.15, -0.1) is 0 Å². The summed E-state index contributed by atoms with van der Waals surface area (Å²) in [6.07, 6.45) is 2.86. The van der Waals surface area contributed by atoms with Crippen LogP contribution in [0.3, 0.4) is 0 Å². The Bertz CT molecular complexity index is 1260. The molecular formula is C23H17Cl2N3O. The maximum Gasteiger partial charge on any atom is 0.166 e. The predicted molar refractivity (Wildman–Crippen MR) is 115 cm³/mol. The van der Waals surface area contributed by atoms with E-state index in [4.69, 9.17) is 28.3 Å². The highest BCUT2D eigenvalue weighted by molar-refractivity contribution is 6.30. The van der Waals surface area contributed by atoms with Crippen molar-refractivity contribution >= 4 is 34.6 Å². The molecule has 0 saturated carbocycles. The first-order valence-corrected chi connectivity index (χ1v) is 10.2. The Balaban J connectivity index is 1.66. The van der Waals surface area contributed by atoms with Crippen LogP contribution in [0, 0.1) is 6.92 Å². The van der Waals surface area contributed by atoms with Crippen molar-refractivity contribution in [3.05, 3.63) is 87.3 Å². The van der Waals surface area contributed by atoms with Crippen LogP contribution in [-0.4, -0.2) is 20.4 Å². The van der Waals surface area contributed by atoms with Crippen molar-refractivity contribution in [3.8, 4) is 11.1 Å². The zero-order chi connectivity index (χ0) is 20.1. The van der Waals surface area contributed by atoms with E-state index in [1.807, 2.05) is 60.0 Å². The molecule has 0 fully saturated rings. The molecule has 5 rings (SSSR count). The average molecular weight is 422 g/mol. The molecular weight excluding hydrogens is 405 g/mol. The van der Waals surface area contributed by atoms with Crippen LogP contribution in [-0.2, 0) is 6.42 Å². The predicted octanol–water partition coefficient (Wildman–Crippen LogP) is 5.92. The molecule has 0 saturated heterocycles. The molecule has 1 aliphatic carbocycles. The Hall–Kier alpha value is -2.69. The molecule has 0 spiro atoms. The molecule has 0 aliphatic heterocycles. The number of aromatic nitrogens is 3. The molecule has 1 aliphatic rings. The number of nitrogens with zero attached hydrogens (tertiary/aromatic N) is 3. The minimum atomic E-state index is 0.0720. The Kier molecular flexibility index (Phi) is 4.41. The normalized spacial score (nSPS) is 16.2. The lowest BCUT2D eigenvalue weighted by molar-refractivity contribution is 0.0962. The highest BCUT2D eigenvalue weighted by Gasteiger charge is 2.30. The number of Topliss-reactive ketones (excluding diaryl/α,β-unsaturated/α-hetero) is 1. The molecule has 144 valence electrons. The Morgan fingerprint density at radius 2 is 1.83 bits per heavy atom. The number of halogens is 2. The standard InChI is InChI=1S/C23H17Cl2N3O/c1-13-22(14-5-7-17(24)8-6-14)23-26-12-19-20(28(23)27-13)10-16(11-21(19)29)15-3-2-4-18(25)9-15/h2-9,12,16H,10-11H2,1H3/t16-/m1/s1. The molecule has 6 heteroatoms. The van der Waals surface area contributed by atoms with Gasteiger partial charge in [-0.25, -0.2) is 9.50 Å². The van der Waals surface area contributed by atoms with Crippen molar-refractivity contribution in [1.82, 2.24) is 14.6 Å². The average Bonchev–Trinajstić information content (AvgIpc) is 3.05. The summed E-state index contributed by atoms with van der Waals surface area (Å²) in [6, 6.07) is 15.4. The van der Waals surface area contributed by atoms with Crippen LogP contribution in [0.4, 0.5) is 0 Å². The van der Waals surface area contributed by atoms with Crippen LogP contribution in [0.25, 0.3) is 16.8 Å². The van der Waals surface area contributed by atoms with Crippen molar-refractivity contribution < 1.29 is 4.79 Å². The third-order valence-electron chi connectivity index (χ3n) is 5.54. The number of carbonyl (C=O) groups excluding carboxylic acids is 1. The fourth-order valence-electron chi connectivity index (χ4n) is 4.16. The first kappa shape index (κ1) is 18.3. The number of ketones is 1. The van der Waals surface area contributed by atoms with Gasteiger partial charge >= 0.3 is 0 Å². The van der Waals surface area contributed by atoms with Crippen molar-refractivity contribution in [3.63, 3.8) is 0 Å². The molecule has 4 nitrogen and oxygen atoms in total. The van der Waals surface area contributed by atoms with Gasteiger partial charge in [0.25, 0.3) is 0 Å². The number of aryl methyl sites for hydroxylation is 1. The molecule has 1 atom stereocenters. The van der Waals surface area contributed by atoms with Crippen LogP contribution in [0.5, 0.6) is 0 Å². The summed E-state index contributed by atoms with van der Waals surface area (Å²) in [5.41, 5.74) is 6.21. The summed E-state index contributed by atoms with van der Waals surface area (Å²) in [5, 5.41) is 6.11. The number of carbonyl (C=O) groups is 1. The van der Waals surface area contributed by atoms with Crippen LogP contribution >= 0.6 is 23.2 Å². The van der Waals surface area contributed by atoms with Gasteiger partial charge in [-0.2, -0.15) is 5.10 Å². The monoisotopic (exact) mass is 421 g/mol. The number of benzene rings is 2. The van der Waals surface area contributed by atoms with Gasteiger partial charge in [0.2, 0.25) is 0 Å². The van der Waals surface area contributed by atoms with Gasteiger partial charge in [0, 0.05) is 28.2 Å². The summed E-state index contributed by atoms with van der Waals surface area (Å²) in [7, 11) is 0. The van der Waals surface area contributed by atoms with E-state index >= 15 is 0 Å². The molecule has 2 aromatic carbocycles. The molecule has 29 heavy (non-hydrogen) atoms. The summed E-state index contributed by atoms with van der Waals surface area (Å²) < 4.78 is 1.84. The maximum atomic E-state index is 12.9. The largest absolute Gasteiger partial charge is 0.294 e. The minimum absolute atomic E-state index is 0.0720.